The Labute approximate surface area is 147 Å². The Morgan fingerprint density at radius 1 is 1.12 bits per heavy atom. The van der Waals surface area contributed by atoms with Gasteiger partial charge in [0.05, 0.1) is 4.90 Å². The lowest BCUT2D eigenvalue weighted by Gasteiger charge is -2.34. The maximum Gasteiger partial charge on any atom is 0.317 e. The molecule has 25 heavy (non-hydrogen) atoms. The van der Waals surface area contributed by atoms with Gasteiger partial charge in [0.1, 0.15) is 13.2 Å². The van der Waals surface area contributed by atoms with Crippen LogP contribution in [0, 0.1) is 0 Å². The van der Waals surface area contributed by atoms with E-state index in [1.807, 2.05) is 6.92 Å². The van der Waals surface area contributed by atoms with E-state index in [4.69, 9.17) is 9.47 Å². The number of ether oxygens (including phenoxy) is 2. The predicted molar refractivity (Wildman–Crippen MR) is 91.5 cm³/mol. The highest BCUT2D eigenvalue weighted by Crippen LogP contribution is 2.33. The summed E-state index contributed by atoms with van der Waals surface area (Å²) in [5.41, 5.74) is 0. The van der Waals surface area contributed by atoms with Crippen molar-refractivity contribution in [1.82, 2.24) is 14.5 Å². The van der Waals surface area contributed by atoms with Crippen molar-refractivity contribution in [1.29, 1.82) is 0 Å². The van der Waals surface area contributed by atoms with Gasteiger partial charge >= 0.3 is 6.03 Å². The number of benzene rings is 1. The summed E-state index contributed by atoms with van der Waals surface area (Å²) in [4.78, 5) is 13.8. The molecule has 0 atom stereocenters. The summed E-state index contributed by atoms with van der Waals surface area (Å²) in [5, 5.41) is 2.81. The zero-order chi connectivity index (χ0) is 17.9. The normalized spacial score (nSPS) is 18.0. The number of hydrogen-bond donors (Lipinski definition) is 1. The van der Waals surface area contributed by atoms with Gasteiger partial charge in [-0.05, 0) is 18.6 Å². The Morgan fingerprint density at radius 2 is 1.80 bits per heavy atom. The number of amides is 2. The third-order valence-corrected chi connectivity index (χ3v) is 6.10. The number of hydrogen-bond acceptors (Lipinski definition) is 5. The molecule has 2 amide bonds. The lowest BCUT2D eigenvalue weighted by molar-refractivity contribution is 0.170. The number of rotatable bonds is 4. The molecule has 0 spiro atoms. The van der Waals surface area contributed by atoms with Crippen molar-refractivity contribution < 1.29 is 22.7 Å². The van der Waals surface area contributed by atoms with Crippen molar-refractivity contribution >= 4 is 16.1 Å². The lowest BCUT2D eigenvalue weighted by atomic mass is 10.3. The van der Waals surface area contributed by atoms with Gasteiger partial charge in [-0.1, -0.05) is 6.92 Å². The summed E-state index contributed by atoms with van der Waals surface area (Å²) in [6, 6.07) is 4.52. The van der Waals surface area contributed by atoms with Crippen LogP contribution in [-0.2, 0) is 10.0 Å². The van der Waals surface area contributed by atoms with Gasteiger partial charge < -0.3 is 19.7 Å². The summed E-state index contributed by atoms with van der Waals surface area (Å²) in [5.74, 6) is 1.01. The van der Waals surface area contributed by atoms with Crippen molar-refractivity contribution in [3.63, 3.8) is 0 Å². The standard InChI is InChI=1S/C16H23N3O5S/c1-2-5-17-16(20)18-6-8-19(9-7-18)25(21,22)13-3-4-14-15(12-13)24-11-10-23-14/h3-4,12H,2,5-11H2,1H3,(H,17,20). The molecule has 0 saturated carbocycles. The fourth-order valence-electron chi connectivity index (χ4n) is 2.81. The molecule has 0 aliphatic carbocycles. The molecule has 8 nitrogen and oxygen atoms in total. The number of fused-ring (bicyclic) bond motifs is 1. The summed E-state index contributed by atoms with van der Waals surface area (Å²) >= 11 is 0. The first-order valence-electron chi connectivity index (χ1n) is 8.45. The molecule has 2 aliphatic heterocycles. The zero-order valence-electron chi connectivity index (χ0n) is 14.2. The van der Waals surface area contributed by atoms with Gasteiger partial charge in [-0.25, -0.2) is 13.2 Å². The van der Waals surface area contributed by atoms with Crippen LogP contribution >= 0.6 is 0 Å². The van der Waals surface area contributed by atoms with Crippen LogP contribution in [-0.4, -0.2) is 69.6 Å². The van der Waals surface area contributed by atoms with Crippen molar-refractivity contribution in [3.8, 4) is 11.5 Å². The van der Waals surface area contributed by atoms with Gasteiger partial charge in [-0.15, -0.1) is 0 Å². The summed E-state index contributed by atoms with van der Waals surface area (Å²) < 4.78 is 38.0. The number of carbonyl (C=O) groups excluding carboxylic acids is 1. The second kappa shape index (κ2) is 7.49. The molecule has 9 heteroatoms. The summed E-state index contributed by atoms with van der Waals surface area (Å²) in [7, 11) is -3.62. The Hall–Kier alpha value is -2.00. The van der Waals surface area contributed by atoms with Crippen molar-refractivity contribution in [3.05, 3.63) is 18.2 Å². The van der Waals surface area contributed by atoms with E-state index in [-0.39, 0.29) is 24.0 Å². The highest BCUT2D eigenvalue weighted by atomic mass is 32.2. The van der Waals surface area contributed by atoms with Gasteiger partial charge in [0.15, 0.2) is 11.5 Å². The molecule has 0 aromatic heterocycles. The van der Waals surface area contributed by atoms with Crippen LogP contribution in [0.25, 0.3) is 0 Å². The maximum absolute atomic E-state index is 12.8. The van der Waals surface area contributed by atoms with E-state index in [0.29, 0.717) is 44.3 Å². The third-order valence-electron chi connectivity index (χ3n) is 4.20. The molecule has 1 fully saturated rings. The van der Waals surface area contributed by atoms with E-state index in [9.17, 15) is 13.2 Å². The minimum Gasteiger partial charge on any atom is -0.486 e. The third kappa shape index (κ3) is 3.82. The molecule has 1 aromatic rings. The molecule has 138 valence electrons. The Balaban J connectivity index is 1.67. The molecule has 1 saturated heterocycles. The number of piperazine rings is 1. The van der Waals surface area contributed by atoms with Gasteiger partial charge in [0.2, 0.25) is 10.0 Å². The number of sulfonamides is 1. The fourth-order valence-corrected chi connectivity index (χ4v) is 4.25. The first-order chi connectivity index (χ1) is 12.0. The molecule has 0 radical (unpaired) electrons. The highest BCUT2D eigenvalue weighted by molar-refractivity contribution is 7.89. The first-order valence-corrected chi connectivity index (χ1v) is 9.89. The second-order valence-corrected chi connectivity index (χ2v) is 7.87. The Bertz CT molecular complexity index is 729. The van der Waals surface area contributed by atoms with E-state index < -0.39 is 10.0 Å². The van der Waals surface area contributed by atoms with Crippen LogP contribution < -0.4 is 14.8 Å². The monoisotopic (exact) mass is 369 g/mol. The molecule has 1 aromatic carbocycles. The molecule has 0 unspecified atom stereocenters. The van der Waals surface area contributed by atoms with Crippen molar-refractivity contribution in [2.75, 3.05) is 45.9 Å². The SMILES string of the molecule is CCCNC(=O)N1CCN(S(=O)(=O)c2ccc3c(c2)OCCO3)CC1. The highest BCUT2D eigenvalue weighted by Gasteiger charge is 2.31. The minimum absolute atomic E-state index is 0.141. The molecule has 2 heterocycles. The minimum atomic E-state index is -3.62. The van der Waals surface area contributed by atoms with Gasteiger partial charge in [-0.3, -0.25) is 0 Å². The van der Waals surface area contributed by atoms with Crippen molar-refractivity contribution in [2.24, 2.45) is 0 Å². The summed E-state index contributed by atoms with van der Waals surface area (Å²) in [6.45, 7) is 4.77. The molecule has 3 rings (SSSR count). The first kappa shape index (κ1) is 17.8. The average molecular weight is 369 g/mol. The van der Waals surface area contributed by atoms with E-state index in [1.165, 1.54) is 16.4 Å². The quantitative estimate of drug-likeness (QED) is 0.851. The van der Waals surface area contributed by atoms with Gasteiger partial charge in [0, 0.05) is 38.8 Å². The molecular formula is C16H23N3O5S. The summed E-state index contributed by atoms with van der Waals surface area (Å²) in [6.07, 6.45) is 0.865. The molecule has 0 bridgehead atoms. The Kier molecular flexibility index (Phi) is 5.33. The van der Waals surface area contributed by atoms with E-state index in [2.05, 4.69) is 5.32 Å². The maximum atomic E-state index is 12.8. The van der Waals surface area contributed by atoms with Crippen molar-refractivity contribution in [2.45, 2.75) is 18.2 Å². The van der Waals surface area contributed by atoms with Crippen LogP contribution in [0.2, 0.25) is 0 Å². The predicted octanol–water partition coefficient (Wildman–Crippen LogP) is 0.884. The number of carbonyl (C=O) groups is 1. The van der Waals surface area contributed by atoms with Crippen LogP contribution in [0.5, 0.6) is 11.5 Å². The largest absolute Gasteiger partial charge is 0.486 e. The Morgan fingerprint density at radius 3 is 2.48 bits per heavy atom. The second-order valence-electron chi connectivity index (χ2n) is 5.93. The molecule has 1 N–H and O–H groups in total. The fraction of sp³-hybridized carbons (Fsp3) is 0.562. The number of nitrogens with one attached hydrogen (secondary N) is 1. The van der Waals surface area contributed by atoms with E-state index in [1.54, 1.807) is 11.0 Å². The topological polar surface area (TPSA) is 88.2 Å². The van der Waals surface area contributed by atoms with Crippen LogP contribution in [0.1, 0.15) is 13.3 Å². The van der Waals surface area contributed by atoms with Crippen LogP contribution in [0.4, 0.5) is 4.79 Å². The zero-order valence-corrected chi connectivity index (χ0v) is 15.0. The average Bonchev–Trinajstić information content (AvgIpc) is 2.65. The lowest BCUT2D eigenvalue weighted by Crippen LogP contribution is -2.53. The van der Waals surface area contributed by atoms with Crippen LogP contribution in [0.15, 0.2) is 23.1 Å². The van der Waals surface area contributed by atoms with Gasteiger partial charge in [0.25, 0.3) is 0 Å². The van der Waals surface area contributed by atoms with E-state index >= 15 is 0 Å². The number of urea groups is 1. The van der Waals surface area contributed by atoms with Crippen LogP contribution in [0.3, 0.4) is 0 Å². The van der Waals surface area contributed by atoms with E-state index in [0.717, 1.165) is 6.42 Å². The molecular weight excluding hydrogens is 346 g/mol. The smallest absolute Gasteiger partial charge is 0.317 e. The van der Waals surface area contributed by atoms with Gasteiger partial charge in [-0.2, -0.15) is 4.31 Å². The molecule has 2 aliphatic rings. The number of nitrogens with zero attached hydrogens (tertiary/aromatic N) is 2.